The van der Waals surface area contributed by atoms with Gasteiger partial charge in [-0.25, -0.2) is 0 Å². The molecule has 1 rings (SSSR count). The van der Waals surface area contributed by atoms with Gasteiger partial charge in [-0.3, -0.25) is 0 Å². The van der Waals surface area contributed by atoms with E-state index in [-0.39, 0.29) is 0 Å². The molecule has 0 radical (unpaired) electrons. The van der Waals surface area contributed by atoms with Crippen molar-refractivity contribution < 1.29 is 13.2 Å². The maximum absolute atomic E-state index is 12.5. The van der Waals surface area contributed by atoms with Crippen molar-refractivity contribution in [3.63, 3.8) is 0 Å². The largest absolute Gasteiger partial charge is 0.391 e. The molecule has 1 aliphatic carbocycles. The Morgan fingerprint density at radius 3 is 2.11 bits per heavy atom. The van der Waals surface area contributed by atoms with E-state index in [4.69, 9.17) is 0 Å². The molecular formula is C14H27F3N2. The van der Waals surface area contributed by atoms with Crippen molar-refractivity contribution in [3.8, 4) is 0 Å². The summed E-state index contributed by atoms with van der Waals surface area (Å²) in [5.41, 5.74) is 0. The monoisotopic (exact) mass is 280 g/mol. The number of hydrogen-bond donors (Lipinski definition) is 2. The summed E-state index contributed by atoms with van der Waals surface area (Å²) in [6, 6.07) is 0. The van der Waals surface area contributed by atoms with Crippen molar-refractivity contribution in [1.29, 1.82) is 0 Å². The van der Waals surface area contributed by atoms with Gasteiger partial charge in [0.15, 0.2) is 0 Å². The first kappa shape index (κ1) is 16.8. The van der Waals surface area contributed by atoms with E-state index in [9.17, 15) is 13.2 Å². The summed E-state index contributed by atoms with van der Waals surface area (Å²) in [5, 5.41) is 6.68. The highest BCUT2D eigenvalue weighted by Crippen LogP contribution is 2.39. The third-order valence-corrected chi connectivity index (χ3v) is 3.77. The summed E-state index contributed by atoms with van der Waals surface area (Å²) in [4.78, 5) is 0. The second kappa shape index (κ2) is 8.10. The summed E-state index contributed by atoms with van der Waals surface area (Å²) >= 11 is 0. The molecule has 0 aromatic rings. The molecule has 0 saturated heterocycles. The van der Waals surface area contributed by atoms with Crippen LogP contribution < -0.4 is 10.6 Å². The van der Waals surface area contributed by atoms with Crippen LogP contribution in [0.4, 0.5) is 13.2 Å². The highest BCUT2D eigenvalue weighted by Gasteiger charge is 2.41. The third-order valence-electron chi connectivity index (χ3n) is 3.77. The van der Waals surface area contributed by atoms with Gasteiger partial charge in [0.1, 0.15) is 0 Å². The van der Waals surface area contributed by atoms with Gasteiger partial charge in [0, 0.05) is 13.1 Å². The van der Waals surface area contributed by atoms with Crippen LogP contribution in [0, 0.1) is 17.8 Å². The van der Waals surface area contributed by atoms with Gasteiger partial charge in [-0.2, -0.15) is 13.2 Å². The Bertz CT molecular complexity index is 233. The second-order valence-corrected chi connectivity index (χ2v) is 6.06. The predicted molar refractivity (Wildman–Crippen MR) is 72.1 cm³/mol. The van der Waals surface area contributed by atoms with Gasteiger partial charge in [0.25, 0.3) is 0 Å². The lowest BCUT2D eigenvalue weighted by Crippen LogP contribution is -2.35. The molecule has 0 aromatic heterocycles. The summed E-state index contributed by atoms with van der Waals surface area (Å²) in [6.07, 6.45) is -1.96. The van der Waals surface area contributed by atoms with Gasteiger partial charge < -0.3 is 10.6 Å². The van der Waals surface area contributed by atoms with E-state index < -0.39 is 12.1 Å². The molecule has 1 fully saturated rings. The van der Waals surface area contributed by atoms with Crippen molar-refractivity contribution in [2.24, 2.45) is 17.8 Å². The van der Waals surface area contributed by atoms with Gasteiger partial charge in [0.05, 0.1) is 5.92 Å². The minimum absolute atomic E-state index is 0.307. The van der Waals surface area contributed by atoms with Crippen LogP contribution in [0.25, 0.3) is 0 Å². The highest BCUT2D eigenvalue weighted by molar-refractivity contribution is 4.78. The molecule has 0 heterocycles. The van der Waals surface area contributed by atoms with Crippen molar-refractivity contribution in [1.82, 2.24) is 10.6 Å². The number of alkyl halides is 3. The maximum Gasteiger partial charge on any atom is 0.391 e. The Hall–Kier alpha value is -0.290. The Kier molecular flexibility index (Phi) is 7.15. The topological polar surface area (TPSA) is 24.1 Å². The van der Waals surface area contributed by atoms with Crippen molar-refractivity contribution in [3.05, 3.63) is 0 Å². The number of rotatable bonds is 7. The molecule has 2 N–H and O–H groups in total. The smallest absolute Gasteiger partial charge is 0.315 e. The normalized spacial score (nSPS) is 24.9. The average molecular weight is 280 g/mol. The molecule has 2 nitrogen and oxygen atoms in total. The molecule has 0 atom stereocenters. The molecule has 0 bridgehead atoms. The molecule has 0 spiro atoms. The van der Waals surface area contributed by atoms with E-state index in [0.29, 0.717) is 37.5 Å². The fourth-order valence-corrected chi connectivity index (χ4v) is 2.57. The zero-order valence-electron chi connectivity index (χ0n) is 12.0. The van der Waals surface area contributed by atoms with Crippen molar-refractivity contribution in [2.75, 3.05) is 26.2 Å². The fraction of sp³-hybridized carbons (Fsp3) is 1.00. The van der Waals surface area contributed by atoms with E-state index in [1.165, 1.54) is 0 Å². The summed E-state index contributed by atoms with van der Waals surface area (Å²) in [5.74, 6) is 0.0119. The van der Waals surface area contributed by atoms with Gasteiger partial charge in [-0.15, -0.1) is 0 Å². The van der Waals surface area contributed by atoms with E-state index in [0.717, 1.165) is 26.2 Å². The Balaban J connectivity index is 2.01. The Morgan fingerprint density at radius 1 is 1.00 bits per heavy atom. The van der Waals surface area contributed by atoms with Crippen LogP contribution in [0.5, 0.6) is 0 Å². The summed E-state index contributed by atoms with van der Waals surface area (Å²) < 4.78 is 37.5. The zero-order chi connectivity index (χ0) is 14.3. The maximum atomic E-state index is 12.5. The third kappa shape index (κ3) is 7.16. The van der Waals surface area contributed by atoms with E-state index in [2.05, 4.69) is 24.5 Å². The van der Waals surface area contributed by atoms with E-state index in [1.54, 1.807) is 0 Å². The second-order valence-electron chi connectivity index (χ2n) is 6.06. The van der Waals surface area contributed by atoms with Gasteiger partial charge in [-0.05, 0) is 50.6 Å². The lowest BCUT2D eigenvalue weighted by atomic mass is 9.81. The molecule has 0 aromatic carbocycles. The Labute approximate surface area is 114 Å². The molecule has 0 unspecified atom stereocenters. The van der Waals surface area contributed by atoms with E-state index in [1.807, 2.05) is 0 Å². The van der Waals surface area contributed by atoms with Gasteiger partial charge >= 0.3 is 6.18 Å². The molecule has 19 heavy (non-hydrogen) atoms. The van der Waals surface area contributed by atoms with Crippen molar-refractivity contribution >= 4 is 0 Å². The SMILES string of the molecule is CC(C)CNCCNCC1CCC(C(F)(F)F)CC1. The first-order chi connectivity index (χ1) is 8.89. The first-order valence-electron chi connectivity index (χ1n) is 7.37. The number of nitrogens with one attached hydrogen (secondary N) is 2. The number of halogens is 3. The van der Waals surface area contributed by atoms with Crippen LogP contribution in [-0.4, -0.2) is 32.4 Å². The zero-order valence-corrected chi connectivity index (χ0v) is 12.0. The molecule has 114 valence electrons. The molecule has 5 heteroatoms. The molecular weight excluding hydrogens is 253 g/mol. The standard InChI is InChI=1S/C14H27F3N2/c1-11(2)9-18-7-8-19-10-12-3-5-13(6-4-12)14(15,16)17/h11-13,18-19H,3-10H2,1-2H3. The number of hydrogen-bond acceptors (Lipinski definition) is 2. The molecule has 1 aliphatic rings. The summed E-state index contributed by atoms with van der Waals surface area (Å²) in [7, 11) is 0. The quantitative estimate of drug-likeness (QED) is 0.700. The minimum atomic E-state index is -3.99. The molecule has 0 amide bonds. The lowest BCUT2D eigenvalue weighted by Gasteiger charge is -2.30. The summed E-state index contributed by atoms with van der Waals surface area (Å²) in [6.45, 7) is 8.02. The molecule has 1 saturated carbocycles. The van der Waals surface area contributed by atoms with Crippen LogP contribution in [0.15, 0.2) is 0 Å². The molecule has 0 aliphatic heterocycles. The van der Waals surface area contributed by atoms with Crippen LogP contribution in [0.3, 0.4) is 0 Å². The minimum Gasteiger partial charge on any atom is -0.315 e. The Morgan fingerprint density at radius 2 is 1.58 bits per heavy atom. The first-order valence-corrected chi connectivity index (χ1v) is 7.37. The van der Waals surface area contributed by atoms with Crippen LogP contribution >= 0.6 is 0 Å². The van der Waals surface area contributed by atoms with Crippen LogP contribution in [0.1, 0.15) is 39.5 Å². The average Bonchev–Trinajstić information content (AvgIpc) is 2.32. The lowest BCUT2D eigenvalue weighted by molar-refractivity contribution is -0.183. The fourth-order valence-electron chi connectivity index (χ4n) is 2.57. The van der Waals surface area contributed by atoms with Gasteiger partial charge in [0.2, 0.25) is 0 Å². The van der Waals surface area contributed by atoms with Gasteiger partial charge in [-0.1, -0.05) is 13.8 Å². The highest BCUT2D eigenvalue weighted by atomic mass is 19.4. The van der Waals surface area contributed by atoms with Crippen molar-refractivity contribution in [2.45, 2.75) is 45.7 Å². The predicted octanol–water partition coefficient (Wildman–Crippen LogP) is 3.19. The van der Waals surface area contributed by atoms with E-state index >= 15 is 0 Å². The van der Waals surface area contributed by atoms with Crippen LogP contribution in [-0.2, 0) is 0 Å². The van der Waals surface area contributed by atoms with Crippen LogP contribution in [0.2, 0.25) is 0 Å².